The third-order valence-corrected chi connectivity index (χ3v) is 7.60. The number of fused-ring (bicyclic) bond motifs is 3. The molecule has 0 aromatic carbocycles. The van der Waals surface area contributed by atoms with Gasteiger partial charge in [0.15, 0.2) is 5.16 Å². The van der Waals surface area contributed by atoms with E-state index in [0.717, 1.165) is 29.5 Å². The van der Waals surface area contributed by atoms with Crippen LogP contribution >= 0.6 is 23.1 Å². The fraction of sp³-hybridized carbons (Fsp3) is 0.409. The molecule has 0 bridgehead atoms. The van der Waals surface area contributed by atoms with Crippen LogP contribution in [-0.4, -0.2) is 20.7 Å². The van der Waals surface area contributed by atoms with Gasteiger partial charge in [0.25, 0.3) is 5.56 Å². The number of nitrogens with one attached hydrogen (secondary N) is 1. The number of carbonyl (C=O) groups excluding carboxylic acids is 1. The van der Waals surface area contributed by atoms with Crippen LogP contribution in [0.4, 0.5) is 0 Å². The minimum atomic E-state index is -0.407. The molecule has 4 rings (SSSR count). The number of rotatable bonds is 7. The molecule has 6 nitrogen and oxygen atoms in total. The van der Waals surface area contributed by atoms with Crippen LogP contribution in [0.15, 0.2) is 45.4 Å². The molecule has 0 saturated heterocycles. The Morgan fingerprint density at radius 1 is 1.57 bits per heavy atom. The average molecular weight is 444 g/mol. The van der Waals surface area contributed by atoms with Gasteiger partial charge in [-0.05, 0) is 49.8 Å². The molecule has 2 atom stereocenters. The Bertz CT molecular complexity index is 1130. The zero-order valence-electron chi connectivity index (χ0n) is 17.1. The van der Waals surface area contributed by atoms with Crippen LogP contribution in [-0.2, 0) is 30.7 Å². The summed E-state index contributed by atoms with van der Waals surface area (Å²) in [5.41, 5.74) is 1.14. The highest BCUT2D eigenvalue weighted by molar-refractivity contribution is 8.00. The predicted octanol–water partition coefficient (Wildman–Crippen LogP) is 4.16. The largest absolute Gasteiger partial charge is 0.467 e. The molecule has 0 spiro atoms. The van der Waals surface area contributed by atoms with E-state index in [1.54, 1.807) is 34.3 Å². The number of thioether (sulfide) groups is 1. The predicted molar refractivity (Wildman–Crippen MR) is 121 cm³/mol. The molecule has 3 aromatic heterocycles. The maximum atomic E-state index is 13.3. The molecule has 1 N–H and O–H groups in total. The van der Waals surface area contributed by atoms with Crippen LogP contribution in [0.5, 0.6) is 0 Å². The van der Waals surface area contributed by atoms with Gasteiger partial charge in [-0.15, -0.1) is 17.9 Å². The van der Waals surface area contributed by atoms with Gasteiger partial charge in [-0.3, -0.25) is 14.2 Å². The Hall–Kier alpha value is -2.32. The molecule has 0 radical (unpaired) electrons. The van der Waals surface area contributed by atoms with Gasteiger partial charge in [0.2, 0.25) is 5.91 Å². The first kappa shape index (κ1) is 20.9. The molecule has 0 saturated carbocycles. The average Bonchev–Trinajstić information content (AvgIpc) is 3.35. The van der Waals surface area contributed by atoms with Crippen LogP contribution < -0.4 is 10.9 Å². The number of hydrogen-bond acceptors (Lipinski definition) is 6. The number of aromatic nitrogens is 2. The summed E-state index contributed by atoms with van der Waals surface area (Å²) in [6, 6.07) is 3.60. The zero-order valence-corrected chi connectivity index (χ0v) is 18.8. The summed E-state index contributed by atoms with van der Waals surface area (Å²) in [5, 5.41) is 3.77. The quantitative estimate of drug-likeness (QED) is 0.337. The van der Waals surface area contributed by atoms with Crippen LogP contribution in [0, 0.1) is 5.92 Å². The lowest BCUT2D eigenvalue weighted by Gasteiger charge is -2.18. The summed E-state index contributed by atoms with van der Waals surface area (Å²) in [7, 11) is 0. The molecule has 1 aliphatic carbocycles. The van der Waals surface area contributed by atoms with E-state index in [9.17, 15) is 9.59 Å². The number of carbonyl (C=O) groups is 1. The summed E-state index contributed by atoms with van der Waals surface area (Å²) in [6.07, 6.45) is 6.31. The topological polar surface area (TPSA) is 77.1 Å². The number of nitrogens with zero attached hydrogens (tertiary/aromatic N) is 2. The van der Waals surface area contributed by atoms with E-state index in [1.165, 1.54) is 22.2 Å². The van der Waals surface area contributed by atoms with Crippen molar-refractivity contribution in [3.8, 4) is 0 Å². The third kappa shape index (κ3) is 4.11. The first-order valence-corrected chi connectivity index (χ1v) is 11.8. The highest BCUT2D eigenvalue weighted by Crippen LogP contribution is 2.36. The first-order valence-electron chi connectivity index (χ1n) is 10.1. The molecule has 158 valence electrons. The van der Waals surface area contributed by atoms with Gasteiger partial charge in [-0.2, -0.15) is 0 Å². The lowest BCUT2D eigenvalue weighted by atomic mass is 9.89. The monoisotopic (exact) mass is 443 g/mol. The van der Waals surface area contributed by atoms with Gasteiger partial charge in [0, 0.05) is 11.4 Å². The second-order valence-electron chi connectivity index (χ2n) is 7.69. The summed E-state index contributed by atoms with van der Waals surface area (Å²) in [6.45, 7) is 8.56. The molecular weight excluding hydrogens is 418 g/mol. The van der Waals surface area contributed by atoms with Gasteiger partial charge in [-0.25, -0.2) is 4.98 Å². The second-order valence-corrected chi connectivity index (χ2v) is 10.1. The minimum Gasteiger partial charge on any atom is -0.467 e. The summed E-state index contributed by atoms with van der Waals surface area (Å²) >= 11 is 2.93. The van der Waals surface area contributed by atoms with Crippen molar-refractivity contribution in [1.82, 2.24) is 14.9 Å². The van der Waals surface area contributed by atoms with Crippen molar-refractivity contribution >= 4 is 39.2 Å². The SMILES string of the molecule is C=CCn1c(SC(C)C(=O)NCc2ccco2)nc2sc3c(c2c1=O)CCC(C)C3. The Morgan fingerprint density at radius 2 is 2.40 bits per heavy atom. The Labute approximate surface area is 183 Å². The molecule has 1 amide bonds. The Balaban J connectivity index is 1.62. The summed E-state index contributed by atoms with van der Waals surface area (Å²) in [4.78, 5) is 32.8. The Morgan fingerprint density at radius 3 is 3.13 bits per heavy atom. The van der Waals surface area contributed by atoms with E-state index in [-0.39, 0.29) is 11.5 Å². The van der Waals surface area contributed by atoms with Crippen molar-refractivity contribution in [3.63, 3.8) is 0 Å². The normalized spacial score (nSPS) is 16.9. The molecule has 30 heavy (non-hydrogen) atoms. The number of furan rings is 1. The van der Waals surface area contributed by atoms with Crippen molar-refractivity contribution in [1.29, 1.82) is 0 Å². The van der Waals surface area contributed by atoms with E-state index in [4.69, 9.17) is 9.40 Å². The number of allylic oxidation sites excluding steroid dienone is 1. The fourth-order valence-corrected chi connectivity index (χ4v) is 6.09. The van der Waals surface area contributed by atoms with E-state index >= 15 is 0 Å². The van der Waals surface area contributed by atoms with Gasteiger partial charge >= 0.3 is 0 Å². The third-order valence-electron chi connectivity index (χ3n) is 5.36. The molecule has 1 aliphatic rings. The lowest BCUT2D eigenvalue weighted by Crippen LogP contribution is -2.31. The van der Waals surface area contributed by atoms with E-state index in [0.29, 0.717) is 29.9 Å². The van der Waals surface area contributed by atoms with Gasteiger partial charge < -0.3 is 9.73 Å². The lowest BCUT2D eigenvalue weighted by molar-refractivity contribution is -0.120. The minimum absolute atomic E-state index is 0.0300. The van der Waals surface area contributed by atoms with Gasteiger partial charge in [-0.1, -0.05) is 24.8 Å². The number of thiophene rings is 1. The molecule has 0 fully saturated rings. The number of hydrogen-bond donors (Lipinski definition) is 1. The van der Waals surface area contributed by atoms with Crippen molar-refractivity contribution in [2.24, 2.45) is 5.92 Å². The molecule has 0 aliphatic heterocycles. The maximum absolute atomic E-state index is 13.3. The standard InChI is InChI=1S/C22H25N3O3S2/c1-4-9-25-21(27)18-16-8-7-13(2)11-17(16)30-20(18)24-22(25)29-14(3)19(26)23-12-15-6-5-10-28-15/h4-6,10,13-14H,1,7-9,11-12H2,2-3H3,(H,23,26). The van der Waals surface area contributed by atoms with Crippen molar-refractivity contribution in [3.05, 3.63) is 57.6 Å². The highest BCUT2D eigenvalue weighted by Gasteiger charge is 2.26. The van der Waals surface area contributed by atoms with Crippen LogP contribution in [0.1, 0.15) is 36.5 Å². The second kappa shape index (κ2) is 8.81. The summed E-state index contributed by atoms with van der Waals surface area (Å²) in [5.74, 6) is 1.20. The van der Waals surface area contributed by atoms with Crippen molar-refractivity contribution in [2.75, 3.05) is 0 Å². The fourth-order valence-electron chi connectivity index (χ4n) is 3.73. The van der Waals surface area contributed by atoms with Gasteiger partial charge in [0.05, 0.1) is 23.4 Å². The van der Waals surface area contributed by atoms with E-state index in [2.05, 4.69) is 18.8 Å². The number of amides is 1. The van der Waals surface area contributed by atoms with Gasteiger partial charge in [0.1, 0.15) is 10.6 Å². The first-order chi connectivity index (χ1) is 14.5. The van der Waals surface area contributed by atoms with E-state index < -0.39 is 5.25 Å². The summed E-state index contributed by atoms with van der Waals surface area (Å²) < 4.78 is 6.90. The zero-order chi connectivity index (χ0) is 21.3. The molecule has 3 heterocycles. The maximum Gasteiger partial charge on any atom is 0.263 e. The highest BCUT2D eigenvalue weighted by atomic mass is 32.2. The molecule has 2 unspecified atom stereocenters. The molecule has 8 heteroatoms. The van der Waals surface area contributed by atoms with Crippen LogP contribution in [0.3, 0.4) is 0 Å². The van der Waals surface area contributed by atoms with Crippen LogP contribution in [0.25, 0.3) is 10.2 Å². The molecular formula is C22H25N3O3S2. The van der Waals surface area contributed by atoms with Crippen molar-refractivity contribution < 1.29 is 9.21 Å². The Kier molecular flexibility index (Phi) is 6.15. The van der Waals surface area contributed by atoms with Crippen molar-refractivity contribution in [2.45, 2.75) is 56.6 Å². The van der Waals surface area contributed by atoms with E-state index in [1.807, 2.05) is 13.0 Å². The smallest absolute Gasteiger partial charge is 0.263 e. The molecule has 3 aromatic rings. The number of aryl methyl sites for hydroxylation is 1. The van der Waals surface area contributed by atoms with Crippen LogP contribution in [0.2, 0.25) is 0 Å².